The molecule has 2 rings (SSSR count). The van der Waals surface area contributed by atoms with Gasteiger partial charge in [0.05, 0.1) is 0 Å². The Kier molecular flexibility index (Phi) is 3.34. The van der Waals surface area contributed by atoms with Crippen LogP contribution in [0.3, 0.4) is 0 Å². The maximum atomic E-state index is 11.7. The quantitative estimate of drug-likeness (QED) is 0.813. The van der Waals surface area contributed by atoms with Gasteiger partial charge in [-0.05, 0) is 12.1 Å². The Morgan fingerprint density at radius 1 is 1.59 bits per heavy atom. The van der Waals surface area contributed by atoms with Crippen LogP contribution in [0.2, 0.25) is 5.15 Å². The Hall–Kier alpha value is -1.95. The van der Waals surface area contributed by atoms with E-state index in [1.54, 1.807) is 12.1 Å². The van der Waals surface area contributed by atoms with E-state index in [0.29, 0.717) is 23.1 Å². The Labute approximate surface area is 102 Å². The predicted octanol–water partition coefficient (Wildman–Crippen LogP) is 1.67. The van der Waals surface area contributed by atoms with Gasteiger partial charge >= 0.3 is 0 Å². The first-order valence-corrected chi connectivity index (χ1v) is 5.41. The van der Waals surface area contributed by atoms with Gasteiger partial charge in [-0.25, -0.2) is 9.97 Å². The predicted molar refractivity (Wildman–Crippen MR) is 63.0 cm³/mol. The maximum absolute atomic E-state index is 11.7. The molecule has 0 fully saturated rings. The highest BCUT2D eigenvalue weighted by atomic mass is 35.5. The number of H-pyrrole nitrogens is 1. The van der Waals surface area contributed by atoms with Gasteiger partial charge in [-0.2, -0.15) is 0 Å². The summed E-state index contributed by atoms with van der Waals surface area (Å²) in [6.07, 6.45) is 2.20. The number of carbonyl (C=O) groups excluding carboxylic acids is 1. The summed E-state index contributed by atoms with van der Waals surface area (Å²) in [5, 5.41) is 9.42. The Bertz CT molecular complexity index is 539. The van der Waals surface area contributed by atoms with E-state index < -0.39 is 0 Å². The van der Waals surface area contributed by atoms with Crippen molar-refractivity contribution in [1.29, 1.82) is 0 Å². The highest BCUT2D eigenvalue weighted by Crippen LogP contribution is 2.12. The molecule has 0 radical (unpaired) electrons. The molecule has 0 saturated carbocycles. The van der Waals surface area contributed by atoms with E-state index in [-0.39, 0.29) is 11.7 Å². The van der Waals surface area contributed by atoms with E-state index in [1.807, 2.05) is 6.92 Å². The normalized spacial score (nSPS) is 10.2. The van der Waals surface area contributed by atoms with E-state index in [9.17, 15) is 4.79 Å². The summed E-state index contributed by atoms with van der Waals surface area (Å²) >= 11 is 5.70. The third-order valence-corrected chi connectivity index (χ3v) is 2.26. The molecule has 0 aromatic carbocycles. The van der Waals surface area contributed by atoms with E-state index in [1.165, 1.54) is 6.20 Å². The second-order valence-corrected chi connectivity index (χ2v) is 3.67. The summed E-state index contributed by atoms with van der Waals surface area (Å²) in [5.41, 5.74) is 0.554. The van der Waals surface area contributed by atoms with Gasteiger partial charge in [0.15, 0.2) is 0 Å². The SMILES string of the molecule is CCc1nc(C(=O)Nc2ccnc(Cl)c2)n[nH]1. The van der Waals surface area contributed by atoms with Crippen LogP contribution in [0, 0.1) is 0 Å². The Morgan fingerprint density at radius 2 is 2.41 bits per heavy atom. The summed E-state index contributed by atoms with van der Waals surface area (Å²) in [6, 6.07) is 3.18. The molecule has 7 heteroatoms. The molecule has 0 spiro atoms. The minimum atomic E-state index is -0.386. The summed E-state index contributed by atoms with van der Waals surface area (Å²) in [7, 11) is 0. The lowest BCUT2D eigenvalue weighted by Gasteiger charge is -2.01. The van der Waals surface area contributed by atoms with Crippen LogP contribution in [0.15, 0.2) is 18.3 Å². The molecule has 6 nitrogen and oxygen atoms in total. The summed E-state index contributed by atoms with van der Waals surface area (Å²) in [6.45, 7) is 1.92. The smallest absolute Gasteiger partial charge is 0.295 e. The number of rotatable bonds is 3. The van der Waals surface area contributed by atoms with Gasteiger partial charge in [0.2, 0.25) is 5.82 Å². The molecular weight excluding hydrogens is 242 g/mol. The third kappa shape index (κ3) is 2.79. The number of nitrogens with zero attached hydrogens (tertiary/aromatic N) is 3. The lowest BCUT2D eigenvalue weighted by atomic mass is 10.4. The number of aromatic nitrogens is 4. The van der Waals surface area contributed by atoms with Gasteiger partial charge in [0, 0.05) is 18.3 Å². The van der Waals surface area contributed by atoms with Crippen LogP contribution in [-0.4, -0.2) is 26.1 Å². The number of aromatic amines is 1. The number of pyridine rings is 1. The zero-order chi connectivity index (χ0) is 12.3. The van der Waals surface area contributed by atoms with Gasteiger partial charge in [-0.3, -0.25) is 9.89 Å². The van der Waals surface area contributed by atoms with Gasteiger partial charge < -0.3 is 5.32 Å². The van der Waals surface area contributed by atoms with E-state index in [4.69, 9.17) is 11.6 Å². The Balaban J connectivity index is 2.11. The van der Waals surface area contributed by atoms with E-state index in [0.717, 1.165) is 0 Å². The molecule has 0 bridgehead atoms. The lowest BCUT2D eigenvalue weighted by Crippen LogP contribution is -2.13. The summed E-state index contributed by atoms with van der Waals surface area (Å²) in [5.74, 6) is 0.390. The first-order chi connectivity index (χ1) is 8.19. The van der Waals surface area contributed by atoms with Crippen molar-refractivity contribution < 1.29 is 4.79 Å². The fourth-order valence-corrected chi connectivity index (χ4v) is 1.40. The van der Waals surface area contributed by atoms with Crippen molar-refractivity contribution >= 4 is 23.2 Å². The number of hydrogen-bond acceptors (Lipinski definition) is 4. The van der Waals surface area contributed by atoms with Gasteiger partial charge in [-0.1, -0.05) is 18.5 Å². The zero-order valence-electron chi connectivity index (χ0n) is 9.07. The molecule has 0 unspecified atom stereocenters. The number of amides is 1. The molecule has 0 saturated heterocycles. The first-order valence-electron chi connectivity index (χ1n) is 5.03. The van der Waals surface area contributed by atoms with Crippen molar-refractivity contribution in [1.82, 2.24) is 20.2 Å². The topological polar surface area (TPSA) is 83.6 Å². The van der Waals surface area contributed by atoms with Crippen LogP contribution in [0.25, 0.3) is 0 Å². The fourth-order valence-electron chi connectivity index (χ4n) is 1.22. The van der Waals surface area contributed by atoms with Gasteiger partial charge in [0.1, 0.15) is 11.0 Å². The third-order valence-electron chi connectivity index (χ3n) is 2.05. The number of anilines is 1. The van der Waals surface area contributed by atoms with Crippen LogP contribution in [0.4, 0.5) is 5.69 Å². The molecular formula is C10H10ClN5O. The van der Waals surface area contributed by atoms with Crippen LogP contribution in [0.5, 0.6) is 0 Å². The largest absolute Gasteiger partial charge is 0.319 e. The van der Waals surface area contributed by atoms with E-state index in [2.05, 4.69) is 25.5 Å². The van der Waals surface area contributed by atoms with Crippen molar-refractivity contribution in [3.05, 3.63) is 35.1 Å². The van der Waals surface area contributed by atoms with Crippen LogP contribution >= 0.6 is 11.6 Å². The number of aryl methyl sites for hydroxylation is 1. The summed E-state index contributed by atoms with van der Waals surface area (Å²) < 4.78 is 0. The minimum Gasteiger partial charge on any atom is -0.319 e. The molecule has 0 aliphatic rings. The lowest BCUT2D eigenvalue weighted by molar-refractivity contribution is 0.101. The average Bonchev–Trinajstić information content (AvgIpc) is 2.77. The number of carbonyl (C=O) groups is 1. The maximum Gasteiger partial charge on any atom is 0.295 e. The molecule has 2 N–H and O–H groups in total. The molecule has 2 heterocycles. The van der Waals surface area contributed by atoms with Gasteiger partial charge in [-0.15, -0.1) is 5.10 Å². The molecule has 0 aliphatic heterocycles. The van der Waals surface area contributed by atoms with Crippen LogP contribution < -0.4 is 5.32 Å². The van der Waals surface area contributed by atoms with Crippen molar-refractivity contribution in [2.75, 3.05) is 5.32 Å². The number of nitrogens with one attached hydrogen (secondary N) is 2. The standard InChI is InChI=1S/C10H10ClN5O/c1-2-8-14-9(16-15-8)10(17)13-6-3-4-12-7(11)5-6/h3-5H,2H2,1H3,(H,12,13,17)(H,14,15,16). The Morgan fingerprint density at radius 3 is 3.06 bits per heavy atom. The zero-order valence-corrected chi connectivity index (χ0v) is 9.82. The van der Waals surface area contributed by atoms with Crippen molar-refractivity contribution in [2.45, 2.75) is 13.3 Å². The summed E-state index contributed by atoms with van der Waals surface area (Å²) in [4.78, 5) is 19.6. The number of halogens is 1. The second-order valence-electron chi connectivity index (χ2n) is 3.28. The van der Waals surface area contributed by atoms with E-state index >= 15 is 0 Å². The van der Waals surface area contributed by atoms with Crippen molar-refractivity contribution in [3.8, 4) is 0 Å². The molecule has 0 aliphatic carbocycles. The van der Waals surface area contributed by atoms with Crippen LogP contribution in [-0.2, 0) is 6.42 Å². The number of hydrogen-bond donors (Lipinski definition) is 2. The molecule has 88 valence electrons. The van der Waals surface area contributed by atoms with Gasteiger partial charge in [0.25, 0.3) is 5.91 Å². The minimum absolute atomic E-state index is 0.106. The highest BCUT2D eigenvalue weighted by Gasteiger charge is 2.12. The van der Waals surface area contributed by atoms with Crippen LogP contribution in [0.1, 0.15) is 23.4 Å². The molecule has 2 aromatic rings. The average molecular weight is 252 g/mol. The first kappa shape index (κ1) is 11.5. The molecule has 17 heavy (non-hydrogen) atoms. The second kappa shape index (κ2) is 4.92. The monoisotopic (exact) mass is 251 g/mol. The molecule has 1 amide bonds. The van der Waals surface area contributed by atoms with Crippen molar-refractivity contribution in [2.24, 2.45) is 0 Å². The molecule has 0 atom stereocenters. The highest BCUT2D eigenvalue weighted by molar-refractivity contribution is 6.29. The molecule has 2 aromatic heterocycles. The fraction of sp³-hybridized carbons (Fsp3) is 0.200. The van der Waals surface area contributed by atoms with Crippen molar-refractivity contribution in [3.63, 3.8) is 0 Å².